The molecule has 2 amide bonds. The lowest BCUT2D eigenvalue weighted by Crippen LogP contribution is -2.47. The molecule has 2 atom stereocenters. The molecule has 0 N–H and O–H groups in total. The second-order valence-electron chi connectivity index (χ2n) is 8.02. The molecule has 0 saturated carbocycles. The first-order valence-corrected chi connectivity index (χ1v) is 10.5. The maximum absolute atomic E-state index is 13.4. The number of imide groups is 1. The number of aryl methyl sites for hydroxylation is 2. The summed E-state index contributed by atoms with van der Waals surface area (Å²) in [5, 5.41) is 0. The van der Waals surface area contributed by atoms with Crippen LogP contribution in [0.1, 0.15) is 43.9 Å². The van der Waals surface area contributed by atoms with Gasteiger partial charge in [0.2, 0.25) is 0 Å². The Morgan fingerprint density at radius 2 is 1.79 bits per heavy atom. The number of amides is 2. The molecule has 29 heavy (non-hydrogen) atoms. The first-order chi connectivity index (χ1) is 13.8. The number of nitrogens with zero attached hydrogens (tertiary/aromatic N) is 2. The van der Waals surface area contributed by atoms with Crippen LogP contribution in [0.4, 0.5) is 0 Å². The van der Waals surface area contributed by atoms with E-state index in [2.05, 4.69) is 6.07 Å². The second kappa shape index (κ2) is 9.09. The summed E-state index contributed by atoms with van der Waals surface area (Å²) in [6, 6.07) is 6.01. The number of hydrogen-bond donors (Lipinski definition) is 0. The zero-order valence-corrected chi connectivity index (χ0v) is 18.2. The van der Waals surface area contributed by atoms with Crippen LogP contribution in [-0.4, -0.2) is 66.7 Å². The van der Waals surface area contributed by atoms with E-state index in [0.29, 0.717) is 50.5 Å². The zero-order valence-electron chi connectivity index (χ0n) is 18.2. The first kappa shape index (κ1) is 21.5. The highest BCUT2D eigenvalue weighted by molar-refractivity contribution is 6.35. The average molecular weight is 401 g/mol. The van der Waals surface area contributed by atoms with Gasteiger partial charge in [-0.1, -0.05) is 23.8 Å². The normalized spacial score (nSPS) is 22.8. The first-order valence-electron chi connectivity index (χ1n) is 10.5. The lowest BCUT2D eigenvalue weighted by Gasteiger charge is -2.37. The predicted molar refractivity (Wildman–Crippen MR) is 112 cm³/mol. The van der Waals surface area contributed by atoms with Gasteiger partial charge in [-0.25, -0.2) is 0 Å². The molecule has 0 aliphatic carbocycles. The lowest BCUT2D eigenvalue weighted by atomic mass is 9.97. The van der Waals surface area contributed by atoms with Crippen molar-refractivity contribution in [3.63, 3.8) is 0 Å². The minimum Gasteiger partial charge on any atom is -0.382 e. The molecule has 2 unspecified atom stereocenters. The highest BCUT2D eigenvalue weighted by Crippen LogP contribution is 2.35. The largest absolute Gasteiger partial charge is 0.382 e. The van der Waals surface area contributed by atoms with Crippen LogP contribution in [0.2, 0.25) is 0 Å². The van der Waals surface area contributed by atoms with Crippen molar-refractivity contribution in [1.82, 2.24) is 9.80 Å². The molecule has 158 valence electrons. The van der Waals surface area contributed by atoms with Crippen molar-refractivity contribution in [2.75, 3.05) is 32.8 Å². The van der Waals surface area contributed by atoms with Crippen molar-refractivity contribution in [1.29, 1.82) is 0 Å². The molecule has 3 rings (SSSR count). The van der Waals surface area contributed by atoms with Crippen molar-refractivity contribution in [3.8, 4) is 0 Å². The van der Waals surface area contributed by atoms with E-state index in [1.165, 1.54) is 4.90 Å². The standard InChI is InChI=1S/C23H32N2O4/c1-6-28-11-7-10-25-22(26)20(19-9-8-15(2)12-16(19)3)21(23(25)27)24-13-17(4)29-18(5)14-24/h8-9,12,17-18H,6-7,10-11,13-14H2,1-5H3. The number of morpholine rings is 1. The summed E-state index contributed by atoms with van der Waals surface area (Å²) in [7, 11) is 0. The summed E-state index contributed by atoms with van der Waals surface area (Å²) in [5.41, 5.74) is 4.00. The molecule has 2 aliphatic heterocycles. The van der Waals surface area contributed by atoms with E-state index >= 15 is 0 Å². The SMILES string of the molecule is CCOCCCN1C(=O)C(c2ccc(C)cc2C)=C(N2CC(C)OC(C)C2)C1=O. The van der Waals surface area contributed by atoms with Crippen LogP contribution in [0.3, 0.4) is 0 Å². The van der Waals surface area contributed by atoms with Crippen LogP contribution in [0.15, 0.2) is 23.9 Å². The molecular formula is C23H32N2O4. The van der Waals surface area contributed by atoms with Gasteiger partial charge in [0.25, 0.3) is 11.8 Å². The Bertz CT molecular complexity index is 807. The van der Waals surface area contributed by atoms with Gasteiger partial charge in [-0.15, -0.1) is 0 Å². The van der Waals surface area contributed by atoms with Crippen LogP contribution in [0, 0.1) is 13.8 Å². The maximum Gasteiger partial charge on any atom is 0.277 e. The Hall–Kier alpha value is -2.18. The predicted octanol–water partition coefficient (Wildman–Crippen LogP) is 2.92. The van der Waals surface area contributed by atoms with E-state index in [9.17, 15) is 9.59 Å². The molecule has 6 heteroatoms. The third-order valence-electron chi connectivity index (χ3n) is 5.41. The van der Waals surface area contributed by atoms with Crippen molar-refractivity contribution >= 4 is 17.4 Å². The summed E-state index contributed by atoms with van der Waals surface area (Å²) < 4.78 is 11.2. The minimum atomic E-state index is -0.208. The van der Waals surface area contributed by atoms with Crippen LogP contribution in [0.5, 0.6) is 0 Å². The zero-order chi connectivity index (χ0) is 21.1. The second-order valence-corrected chi connectivity index (χ2v) is 8.02. The van der Waals surface area contributed by atoms with Gasteiger partial charge >= 0.3 is 0 Å². The van der Waals surface area contributed by atoms with E-state index in [0.717, 1.165) is 16.7 Å². The van der Waals surface area contributed by atoms with Gasteiger partial charge in [-0.3, -0.25) is 14.5 Å². The number of hydrogen-bond acceptors (Lipinski definition) is 5. The quantitative estimate of drug-likeness (QED) is 0.520. The van der Waals surface area contributed by atoms with Crippen molar-refractivity contribution in [3.05, 3.63) is 40.6 Å². The molecule has 0 radical (unpaired) electrons. The van der Waals surface area contributed by atoms with Gasteiger partial charge in [0, 0.05) is 32.8 Å². The Labute approximate surface area is 173 Å². The molecule has 2 aliphatic rings. The molecule has 1 aromatic rings. The Morgan fingerprint density at radius 1 is 1.10 bits per heavy atom. The number of carbonyl (C=O) groups is 2. The van der Waals surface area contributed by atoms with E-state index in [1.54, 1.807) is 0 Å². The van der Waals surface area contributed by atoms with E-state index in [1.807, 2.05) is 51.7 Å². The van der Waals surface area contributed by atoms with Crippen molar-refractivity contribution < 1.29 is 19.1 Å². The molecule has 0 bridgehead atoms. The molecule has 0 aromatic heterocycles. The smallest absolute Gasteiger partial charge is 0.277 e. The van der Waals surface area contributed by atoms with Crippen LogP contribution < -0.4 is 0 Å². The summed E-state index contributed by atoms with van der Waals surface area (Å²) in [6.45, 7) is 12.7. The summed E-state index contributed by atoms with van der Waals surface area (Å²) in [6.07, 6.45) is 0.636. The van der Waals surface area contributed by atoms with Crippen LogP contribution in [-0.2, 0) is 19.1 Å². The summed E-state index contributed by atoms with van der Waals surface area (Å²) >= 11 is 0. The number of benzene rings is 1. The highest BCUT2D eigenvalue weighted by Gasteiger charge is 2.43. The minimum absolute atomic E-state index is 0.00141. The molecule has 1 fully saturated rings. The van der Waals surface area contributed by atoms with E-state index < -0.39 is 0 Å². The Morgan fingerprint density at radius 3 is 2.41 bits per heavy atom. The third-order valence-corrected chi connectivity index (χ3v) is 5.41. The summed E-state index contributed by atoms with van der Waals surface area (Å²) in [4.78, 5) is 30.2. The molecular weight excluding hydrogens is 368 g/mol. The summed E-state index contributed by atoms with van der Waals surface area (Å²) in [5.74, 6) is -0.414. The van der Waals surface area contributed by atoms with E-state index in [-0.39, 0.29) is 24.0 Å². The monoisotopic (exact) mass is 400 g/mol. The number of rotatable bonds is 7. The average Bonchev–Trinajstić information content (AvgIpc) is 2.89. The highest BCUT2D eigenvalue weighted by atomic mass is 16.5. The molecule has 1 aromatic carbocycles. The van der Waals surface area contributed by atoms with E-state index in [4.69, 9.17) is 9.47 Å². The Kier molecular flexibility index (Phi) is 6.75. The Balaban J connectivity index is 1.99. The van der Waals surface area contributed by atoms with Gasteiger partial charge in [0.1, 0.15) is 5.70 Å². The van der Waals surface area contributed by atoms with Gasteiger partial charge in [0.05, 0.1) is 17.8 Å². The van der Waals surface area contributed by atoms with Gasteiger partial charge < -0.3 is 14.4 Å². The van der Waals surface area contributed by atoms with Crippen LogP contribution in [0.25, 0.3) is 5.57 Å². The topological polar surface area (TPSA) is 59.1 Å². The molecule has 2 heterocycles. The van der Waals surface area contributed by atoms with Crippen molar-refractivity contribution in [2.45, 2.75) is 53.2 Å². The fourth-order valence-electron chi connectivity index (χ4n) is 4.23. The molecule has 6 nitrogen and oxygen atoms in total. The fraction of sp³-hybridized carbons (Fsp3) is 0.565. The molecule has 1 saturated heterocycles. The van der Waals surface area contributed by atoms with Crippen molar-refractivity contribution in [2.24, 2.45) is 0 Å². The van der Waals surface area contributed by atoms with Gasteiger partial charge in [-0.2, -0.15) is 0 Å². The fourth-order valence-corrected chi connectivity index (χ4v) is 4.23. The number of carbonyl (C=O) groups excluding carboxylic acids is 2. The maximum atomic E-state index is 13.4. The van der Waals surface area contributed by atoms with Gasteiger partial charge in [0.15, 0.2) is 0 Å². The molecule has 0 spiro atoms. The van der Waals surface area contributed by atoms with Crippen LogP contribution >= 0.6 is 0 Å². The van der Waals surface area contributed by atoms with Gasteiger partial charge in [-0.05, 0) is 52.2 Å². The number of ether oxygens (including phenoxy) is 2. The third kappa shape index (κ3) is 4.54. The lowest BCUT2D eigenvalue weighted by molar-refractivity contribution is -0.138.